The van der Waals surface area contributed by atoms with Gasteiger partial charge in [0, 0.05) is 32.4 Å². The van der Waals surface area contributed by atoms with E-state index in [0.29, 0.717) is 0 Å². The standard InChI is InChI=1S/C10H15BrN4/c1-8-9(11)7-12-10(13-8)15-5-3-14(2)4-6-15/h7H,3-6H2,1-2H3. The van der Waals surface area contributed by atoms with Gasteiger partial charge in [0.15, 0.2) is 0 Å². The maximum atomic E-state index is 4.47. The Morgan fingerprint density at radius 3 is 2.53 bits per heavy atom. The molecule has 1 saturated heterocycles. The van der Waals surface area contributed by atoms with Gasteiger partial charge in [-0.1, -0.05) is 0 Å². The Hall–Kier alpha value is -0.680. The van der Waals surface area contributed by atoms with Gasteiger partial charge in [0.1, 0.15) is 0 Å². The molecule has 5 heteroatoms. The molecule has 1 aromatic rings. The highest BCUT2D eigenvalue weighted by atomic mass is 79.9. The monoisotopic (exact) mass is 270 g/mol. The highest BCUT2D eigenvalue weighted by molar-refractivity contribution is 9.10. The van der Waals surface area contributed by atoms with Crippen LogP contribution in [0.1, 0.15) is 5.69 Å². The quantitative estimate of drug-likeness (QED) is 0.770. The SMILES string of the molecule is Cc1nc(N2CCN(C)CC2)ncc1Br. The van der Waals surface area contributed by atoms with Crippen molar-refractivity contribution in [2.45, 2.75) is 6.92 Å². The third kappa shape index (κ3) is 2.46. The van der Waals surface area contributed by atoms with Crippen LogP contribution in [0.4, 0.5) is 5.95 Å². The van der Waals surface area contributed by atoms with Crippen molar-refractivity contribution < 1.29 is 0 Å². The number of aryl methyl sites for hydroxylation is 1. The van der Waals surface area contributed by atoms with E-state index in [1.807, 2.05) is 13.1 Å². The lowest BCUT2D eigenvalue weighted by atomic mass is 10.3. The maximum Gasteiger partial charge on any atom is 0.225 e. The first-order valence-electron chi connectivity index (χ1n) is 5.09. The van der Waals surface area contributed by atoms with Crippen LogP contribution >= 0.6 is 15.9 Å². The van der Waals surface area contributed by atoms with Crippen molar-refractivity contribution in [1.82, 2.24) is 14.9 Å². The van der Waals surface area contributed by atoms with E-state index < -0.39 is 0 Å². The predicted octanol–water partition coefficient (Wildman–Crippen LogP) is 1.30. The third-order valence-electron chi connectivity index (χ3n) is 2.69. The number of hydrogen-bond acceptors (Lipinski definition) is 4. The Bertz CT molecular complexity index is 347. The molecule has 1 aromatic heterocycles. The molecule has 0 atom stereocenters. The number of halogens is 1. The molecule has 1 aliphatic heterocycles. The second-order valence-electron chi connectivity index (χ2n) is 3.89. The zero-order chi connectivity index (χ0) is 10.8. The molecular formula is C10H15BrN4. The van der Waals surface area contributed by atoms with Crippen LogP contribution in [0.15, 0.2) is 10.7 Å². The van der Waals surface area contributed by atoms with Gasteiger partial charge < -0.3 is 9.80 Å². The van der Waals surface area contributed by atoms with Crippen LogP contribution in [-0.4, -0.2) is 48.1 Å². The summed E-state index contributed by atoms with van der Waals surface area (Å²) in [4.78, 5) is 13.4. The lowest BCUT2D eigenvalue weighted by molar-refractivity contribution is 0.311. The van der Waals surface area contributed by atoms with E-state index in [9.17, 15) is 0 Å². The zero-order valence-electron chi connectivity index (χ0n) is 9.07. The minimum atomic E-state index is 0.851. The summed E-state index contributed by atoms with van der Waals surface area (Å²) >= 11 is 3.41. The van der Waals surface area contributed by atoms with Crippen LogP contribution in [0.5, 0.6) is 0 Å². The molecule has 2 rings (SSSR count). The summed E-state index contributed by atoms with van der Waals surface area (Å²) < 4.78 is 0.973. The Morgan fingerprint density at radius 2 is 1.93 bits per heavy atom. The van der Waals surface area contributed by atoms with Crippen molar-refractivity contribution in [2.24, 2.45) is 0 Å². The van der Waals surface area contributed by atoms with E-state index in [1.54, 1.807) is 0 Å². The van der Waals surface area contributed by atoms with E-state index >= 15 is 0 Å². The fraction of sp³-hybridized carbons (Fsp3) is 0.600. The summed E-state index contributed by atoms with van der Waals surface area (Å²) in [6, 6.07) is 0. The van der Waals surface area contributed by atoms with Crippen LogP contribution in [-0.2, 0) is 0 Å². The van der Waals surface area contributed by atoms with Gasteiger partial charge in [-0.25, -0.2) is 9.97 Å². The Morgan fingerprint density at radius 1 is 1.27 bits per heavy atom. The first-order chi connectivity index (χ1) is 7.16. The van der Waals surface area contributed by atoms with E-state index in [0.717, 1.165) is 42.3 Å². The molecular weight excluding hydrogens is 256 g/mol. The van der Waals surface area contributed by atoms with Gasteiger partial charge in [-0.2, -0.15) is 0 Å². The summed E-state index contributed by atoms with van der Waals surface area (Å²) in [6.45, 7) is 6.18. The molecule has 15 heavy (non-hydrogen) atoms. The third-order valence-corrected chi connectivity index (χ3v) is 3.47. The van der Waals surface area contributed by atoms with Crippen LogP contribution in [0.25, 0.3) is 0 Å². The van der Waals surface area contributed by atoms with Crippen molar-refractivity contribution in [1.29, 1.82) is 0 Å². The van der Waals surface area contributed by atoms with Gasteiger partial charge >= 0.3 is 0 Å². The Balaban J connectivity index is 2.12. The van der Waals surface area contributed by atoms with Crippen molar-refractivity contribution >= 4 is 21.9 Å². The minimum absolute atomic E-state index is 0.851. The first-order valence-corrected chi connectivity index (χ1v) is 5.89. The summed E-state index contributed by atoms with van der Waals surface area (Å²) in [5.74, 6) is 0.851. The van der Waals surface area contributed by atoms with Crippen LogP contribution in [0.3, 0.4) is 0 Å². The molecule has 0 unspecified atom stereocenters. The van der Waals surface area contributed by atoms with E-state index in [1.165, 1.54) is 0 Å². The number of likely N-dealkylation sites (N-methyl/N-ethyl adjacent to an activating group) is 1. The molecule has 2 heterocycles. The zero-order valence-corrected chi connectivity index (χ0v) is 10.7. The first kappa shape index (κ1) is 10.8. The average molecular weight is 271 g/mol. The number of aromatic nitrogens is 2. The van der Waals surface area contributed by atoms with Gasteiger partial charge in [-0.3, -0.25) is 0 Å². The number of rotatable bonds is 1. The molecule has 0 N–H and O–H groups in total. The molecule has 82 valence electrons. The van der Waals surface area contributed by atoms with Gasteiger partial charge in [0.05, 0.1) is 10.2 Å². The molecule has 0 spiro atoms. The van der Waals surface area contributed by atoms with Crippen molar-refractivity contribution in [2.75, 3.05) is 38.1 Å². The fourth-order valence-electron chi connectivity index (χ4n) is 1.60. The molecule has 0 aromatic carbocycles. The van der Waals surface area contributed by atoms with Gasteiger partial charge in [0.25, 0.3) is 0 Å². The second kappa shape index (κ2) is 4.45. The van der Waals surface area contributed by atoms with Gasteiger partial charge in [-0.15, -0.1) is 0 Å². The molecule has 1 aliphatic rings. The van der Waals surface area contributed by atoms with E-state index in [-0.39, 0.29) is 0 Å². The fourth-order valence-corrected chi connectivity index (χ4v) is 1.79. The molecule has 0 amide bonds. The predicted molar refractivity (Wildman–Crippen MR) is 64.2 cm³/mol. The van der Waals surface area contributed by atoms with E-state index in [4.69, 9.17) is 0 Å². The van der Waals surface area contributed by atoms with Gasteiger partial charge in [0.2, 0.25) is 5.95 Å². The van der Waals surface area contributed by atoms with Crippen LogP contribution in [0.2, 0.25) is 0 Å². The topological polar surface area (TPSA) is 32.3 Å². The van der Waals surface area contributed by atoms with Crippen molar-refractivity contribution in [3.63, 3.8) is 0 Å². The highest BCUT2D eigenvalue weighted by Crippen LogP contribution is 2.16. The largest absolute Gasteiger partial charge is 0.338 e. The number of anilines is 1. The normalized spacial score (nSPS) is 18.2. The second-order valence-corrected chi connectivity index (χ2v) is 4.75. The minimum Gasteiger partial charge on any atom is -0.338 e. The van der Waals surface area contributed by atoms with Crippen LogP contribution in [0, 0.1) is 6.92 Å². The molecule has 0 bridgehead atoms. The number of nitrogens with zero attached hydrogens (tertiary/aromatic N) is 4. The van der Waals surface area contributed by atoms with Crippen molar-refractivity contribution in [3.05, 3.63) is 16.4 Å². The lowest BCUT2D eigenvalue weighted by Crippen LogP contribution is -2.45. The summed E-state index contributed by atoms with van der Waals surface area (Å²) in [5.41, 5.74) is 0.999. The maximum absolute atomic E-state index is 4.47. The molecule has 4 nitrogen and oxygen atoms in total. The van der Waals surface area contributed by atoms with Crippen LogP contribution < -0.4 is 4.90 Å². The molecule has 0 radical (unpaired) electrons. The summed E-state index contributed by atoms with van der Waals surface area (Å²) in [5, 5.41) is 0. The average Bonchev–Trinajstić information content (AvgIpc) is 2.23. The van der Waals surface area contributed by atoms with Gasteiger partial charge in [-0.05, 0) is 29.9 Å². The van der Waals surface area contributed by atoms with E-state index in [2.05, 4.69) is 42.7 Å². The number of piperazine rings is 1. The Kier molecular flexibility index (Phi) is 3.21. The number of hydrogen-bond donors (Lipinski definition) is 0. The molecule has 1 fully saturated rings. The summed E-state index contributed by atoms with van der Waals surface area (Å²) in [7, 11) is 2.14. The Labute approximate surface area is 98.4 Å². The van der Waals surface area contributed by atoms with Crippen molar-refractivity contribution in [3.8, 4) is 0 Å². The summed E-state index contributed by atoms with van der Waals surface area (Å²) in [6.07, 6.45) is 1.83. The molecule has 0 saturated carbocycles. The molecule has 0 aliphatic carbocycles. The smallest absolute Gasteiger partial charge is 0.225 e. The highest BCUT2D eigenvalue weighted by Gasteiger charge is 2.16. The lowest BCUT2D eigenvalue weighted by Gasteiger charge is -2.32.